The lowest BCUT2D eigenvalue weighted by Gasteiger charge is -2.16. The maximum atomic E-state index is 12.1. The Balaban J connectivity index is 1.77. The molecular formula is C20H29F3N4O2. The van der Waals surface area contributed by atoms with Crippen LogP contribution in [-0.2, 0) is 22.7 Å². The van der Waals surface area contributed by atoms with Crippen molar-refractivity contribution in [1.82, 2.24) is 15.5 Å². The normalized spacial score (nSPS) is 14.9. The zero-order chi connectivity index (χ0) is 21.1. The number of aliphatic imine (C=N–C) groups is 1. The molecule has 9 heteroatoms. The summed E-state index contributed by atoms with van der Waals surface area (Å²) in [5, 5.41) is 6.30. The molecule has 1 aromatic rings. The Morgan fingerprint density at radius 2 is 1.79 bits per heavy atom. The van der Waals surface area contributed by atoms with Crippen LogP contribution in [-0.4, -0.2) is 55.7 Å². The predicted octanol–water partition coefficient (Wildman–Crippen LogP) is 2.83. The number of ether oxygens (including phenoxy) is 1. The molecule has 1 saturated heterocycles. The Morgan fingerprint density at radius 1 is 1.14 bits per heavy atom. The summed E-state index contributed by atoms with van der Waals surface area (Å²) in [6, 6.07) is 7.10. The minimum absolute atomic E-state index is 0.0850. The van der Waals surface area contributed by atoms with Gasteiger partial charge in [-0.05, 0) is 30.9 Å². The van der Waals surface area contributed by atoms with Gasteiger partial charge in [0.2, 0.25) is 5.91 Å². The SMILES string of the molecule is CCNC(=NCc1ccc(COCC(F)(F)F)cc1)NCCC(=O)N1CCCC1. The Kier molecular flexibility index (Phi) is 9.24. The number of amides is 1. The van der Waals surface area contributed by atoms with Crippen LogP contribution in [0.2, 0.25) is 0 Å². The highest BCUT2D eigenvalue weighted by molar-refractivity contribution is 5.81. The Hall–Kier alpha value is -2.29. The lowest BCUT2D eigenvalue weighted by molar-refractivity contribution is -0.176. The smallest absolute Gasteiger partial charge is 0.367 e. The summed E-state index contributed by atoms with van der Waals surface area (Å²) in [5.74, 6) is 0.786. The van der Waals surface area contributed by atoms with Gasteiger partial charge in [-0.15, -0.1) is 0 Å². The molecule has 1 amide bonds. The number of likely N-dealkylation sites (tertiary alicyclic amines) is 1. The number of hydrogen-bond donors (Lipinski definition) is 2. The topological polar surface area (TPSA) is 66.0 Å². The third-order valence-corrected chi connectivity index (χ3v) is 4.41. The summed E-state index contributed by atoms with van der Waals surface area (Å²) in [7, 11) is 0. The second-order valence-electron chi connectivity index (χ2n) is 6.88. The third kappa shape index (κ3) is 9.17. The molecule has 0 saturated carbocycles. The third-order valence-electron chi connectivity index (χ3n) is 4.41. The number of nitrogens with zero attached hydrogens (tertiary/aromatic N) is 2. The van der Waals surface area contributed by atoms with Gasteiger partial charge in [-0.2, -0.15) is 13.2 Å². The van der Waals surface area contributed by atoms with E-state index in [-0.39, 0.29) is 12.5 Å². The summed E-state index contributed by atoms with van der Waals surface area (Å²) >= 11 is 0. The van der Waals surface area contributed by atoms with E-state index in [0.717, 1.165) is 31.5 Å². The standard InChI is InChI=1S/C20H29F3N4O2/c1-2-24-19(25-10-9-18(28)27-11-3-4-12-27)26-13-16-5-7-17(8-6-16)14-29-15-20(21,22)23/h5-8H,2-4,9-15H2,1H3,(H2,24,25,26). The molecule has 2 N–H and O–H groups in total. The predicted molar refractivity (Wildman–Crippen MR) is 105 cm³/mol. The van der Waals surface area contributed by atoms with E-state index < -0.39 is 12.8 Å². The van der Waals surface area contributed by atoms with E-state index >= 15 is 0 Å². The molecule has 1 aliphatic rings. The zero-order valence-corrected chi connectivity index (χ0v) is 16.7. The summed E-state index contributed by atoms with van der Waals surface area (Å²) < 4.78 is 41.0. The molecule has 0 radical (unpaired) electrons. The monoisotopic (exact) mass is 414 g/mol. The molecule has 162 valence electrons. The van der Waals surface area contributed by atoms with Gasteiger partial charge in [-0.25, -0.2) is 4.99 Å². The lowest BCUT2D eigenvalue weighted by Crippen LogP contribution is -2.39. The molecule has 1 heterocycles. The van der Waals surface area contributed by atoms with E-state index in [1.165, 1.54) is 0 Å². The molecule has 0 atom stereocenters. The maximum absolute atomic E-state index is 12.1. The van der Waals surface area contributed by atoms with Crippen LogP contribution in [0.1, 0.15) is 37.3 Å². The first kappa shape index (κ1) is 23.0. The number of guanidine groups is 1. The number of carbonyl (C=O) groups excluding carboxylic acids is 1. The molecule has 1 fully saturated rings. The van der Waals surface area contributed by atoms with Crippen LogP contribution in [0, 0.1) is 0 Å². The quantitative estimate of drug-likeness (QED) is 0.482. The average molecular weight is 414 g/mol. The van der Waals surface area contributed by atoms with Crippen LogP contribution in [0.5, 0.6) is 0 Å². The Morgan fingerprint density at radius 3 is 2.41 bits per heavy atom. The molecule has 1 aromatic carbocycles. The van der Waals surface area contributed by atoms with Gasteiger partial charge < -0.3 is 20.3 Å². The first-order valence-corrected chi connectivity index (χ1v) is 9.89. The van der Waals surface area contributed by atoms with E-state index in [4.69, 9.17) is 0 Å². The molecule has 6 nitrogen and oxygen atoms in total. The molecule has 0 spiro atoms. The number of nitrogens with one attached hydrogen (secondary N) is 2. The number of carbonyl (C=O) groups is 1. The highest BCUT2D eigenvalue weighted by atomic mass is 19.4. The molecule has 0 aliphatic carbocycles. The van der Waals surface area contributed by atoms with Gasteiger partial charge in [0.05, 0.1) is 13.2 Å². The van der Waals surface area contributed by atoms with Crippen molar-refractivity contribution in [3.8, 4) is 0 Å². The number of halogens is 3. The van der Waals surface area contributed by atoms with Crippen molar-refractivity contribution in [2.75, 3.05) is 32.8 Å². The van der Waals surface area contributed by atoms with Gasteiger partial charge in [0.15, 0.2) is 5.96 Å². The maximum Gasteiger partial charge on any atom is 0.411 e. The van der Waals surface area contributed by atoms with Crippen molar-refractivity contribution in [3.63, 3.8) is 0 Å². The van der Waals surface area contributed by atoms with Gasteiger partial charge in [0, 0.05) is 32.6 Å². The number of benzene rings is 1. The summed E-state index contributed by atoms with van der Waals surface area (Å²) in [4.78, 5) is 18.5. The minimum atomic E-state index is -4.32. The summed E-state index contributed by atoms with van der Waals surface area (Å²) in [6.07, 6.45) is -1.73. The van der Waals surface area contributed by atoms with Crippen LogP contribution in [0.4, 0.5) is 13.2 Å². The van der Waals surface area contributed by atoms with Crippen LogP contribution < -0.4 is 10.6 Å². The Bertz CT molecular complexity index is 657. The molecular weight excluding hydrogens is 385 g/mol. The molecule has 0 unspecified atom stereocenters. The van der Waals surface area contributed by atoms with Crippen molar-refractivity contribution in [2.45, 2.75) is 45.5 Å². The van der Waals surface area contributed by atoms with Gasteiger partial charge in [-0.3, -0.25) is 4.79 Å². The van der Waals surface area contributed by atoms with Crippen molar-refractivity contribution < 1.29 is 22.7 Å². The first-order valence-electron chi connectivity index (χ1n) is 9.89. The van der Waals surface area contributed by atoms with E-state index in [1.54, 1.807) is 12.1 Å². The Labute approximate surface area is 169 Å². The fourth-order valence-corrected chi connectivity index (χ4v) is 2.95. The van der Waals surface area contributed by atoms with Crippen molar-refractivity contribution in [2.24, 2.45) is 4.99 Å². The minimum Gasteiger partial charge on any atom is -0.367 e. The lowest BCUT2D eigenvalue weighted by atomic mass is 10.1. The first-order chi connectivity index (χ1) is 13.9. The number of alkyl halides is 3. The molecule has 1 aliphatic heterocycles. The second kappa shape index (κ2) is 11.6. The number of rotatable bonds is 9. The van der Waals surface area contributed by atoms with Crippen molar-refractivity contribution in [3.05, 3.63) is 35.4 Å². The highest BCUT2D eigenvalue weighted by Gasteiger charge is 2.27. The van der Waals surface area contributed by atoms with E-state index in [0.29, 0.717) is 37.6 Å². The fourth-order valence-electron chi connectivity index (χ4n) is 2.95. The second-order valence-corrected chi connectivity index (χ2v) is 6.88. The van der Waals surface area contributed by atoms with Crippen LogP contribution in [0.15, 0.2) is 29.3 Å². The van der Waals surface area contributed by atoms with Crippen molar-refractivity contribution >= 4 is 11.9 Å². The fraction of sp³-hybridized carbons (Fsp3) is 0.600. The summed E-state index contributed by atoms with van der Waals surface area (Å²) in [6.45, 7) is 3.95. The largest absolute Gasteiger partial charge is 0.411 e. The van der Waals surface area contributed by atoms with E-state index in [1.807, 2.05) is 24.0 Å². The van der Waals surface area contributed by atoms with Crippen molar-refractivity contribution in [1.29, 1.82) is 0 Å². The van der Waals surface area contributed by atoms with Gasteiger partial charge >= 0.3 is 6.18 Å². The highest BCUT2D eigenvalue weighted by Crippen LogP contribution is 2.16. The van der Waals surface area contributed by atoms with Gasteiger partial charge in [0.1, 0.15) is 6.61 Å². The average Bonchev–Trinajstić information content (AvgIpc) is 3.21. The van der Waals surface area contributed by atoms with Gasteiger partial charge in [-0.1, -0.05) is 24.3 Å². The molecule has 0 bridgehead atoms. The van der Waals surface area contributed by atoms with Crippen LogP contribution in [0.25, 0.3) is 0 Å². The molecule has 0 aromatic heterocycles. The number of hydrogen-bond acceptors (Lipinski definition) is 3. The van der Waals surface area contributed by atoms with E-state index in [2.05, 4.69) is 20.4 Å². The van der Waals surface area contributed by atoms with E-state index in [9.17, 15) is 18.0 Å². The van der Waals surface area contributed by atoms with Crippen LogP contribution in [0.3, 0.4) is 0 Å². The summed E-state index contributed by atoms with van der Waals surface area (Å²) in [5.41, 5.74) is 1.60. The van der Waals surface area contributed by atoms with Gasteiger partial charge in [0.25, 0.3) is 0 Å². The zero-order valence-electron chi connectivity index (χ0n) is 16.7. The molecule has 2 rings (SSSR count). The van der Waals surface area contributed by atoms with Crippen LogP contribution >= 0.6 is 0 Å². The molecule has 29 heavy (non-hydrogen) atoms.